The molecule has 0 radical (unpaired) electrons. The number of anilines is 1. The maximum absolute atomic E-state index is 13.7. The molecule has 9 nitrogen and oxygen atoms in total. The van der Waals surface area contributed by atoms with E-state index in [0.717, 1.165) is 15.9 Å². The van der Waals surface area contributed by atoms with E-state index in [0.29, 0.717) is 28.5 Å². The Balaban J connectivity index is 1.92. The Bertz CT molecular complexity index is 1640. The number of hydrogen-bond acceptors (Lipinski definition) is 6. The van der Waals surface area contributed by atoms with Crippen LogP contribution < -0.4 is 21.3 Å². The minimum absolute atomic E-state index is 0.178. The number of carbonyl (C=O) groups is 2. The lowest BCUT2D eigenvalue weighted by molar-refractivity contribution is -0.116. The third kappa shape index (κ3) is 4.90. The lowest BCUT2D eigenvalue weighted by atomic mass is 10.2. The predicted octanol–water partition coefficient (Wildman–Crippen LogP) is 3.91. The topological polar surface area (TPSA) is 103 Å². The summed E-state index contributed by atoms with van der Waals surface area (Å²) in [6.45, 7) is 3.49. The highest BCUT2D eigenvalue weighted by Gasteiger charge is 2.26. The number of para-hydroxylation sites is 3. The Hall–Kier alpha value is -3.89. The zero-order valence-corrected chi connectivity index (χ0v) is 22.3. The lowest BCUT2D eigenvalue weighted by Crippen LogP contribution is -2.40. The number of halogens is 1. The number of aryl methyl sites for hydroxylation is 1. The van der Waals surface area contributed by atoms with Crippen LogP contribution in [0.5, 0.6) is 5.75 Å². The van der Waals surface area contributed by atoms with Crippen LogP contribution in [0.4, 0.5) is 5.69 Å². The average Bonchev–Trinajstić information content (AvgIpc) is 3.21. The predicted molar refractivity (Wildman–Crippen MR) is 146 cm³/mol. The second-order valence-electron chi connectivity index (χ2n) is 8.37. The smallest absolute Gasteiger partial charge is 0.337 e. The summed E-state index contributed by atoms with van der Waals surface area (Å²) in [5, 5.41) is 3.15. The number of ether oxygens (including phenoxy) is 1. The summed E-state index contributed by atoms with van der Waals surface area (Å²) in [6.07, 6.45) is 0. The van der Waals surface area contributed by atoms with Crippen LogP contribution in [0.3, 0.4) is 0 Å². The number of carbonyl (C=O) groups excluding carboxylic acids is 2. The molecule has 0 atom stereocenters. The van der Waals surface area contributed by atoms with Gasteiger partial charge in [0.15, 0.2) is 0 Å². The van der Waals surface area contributed by atoms with Crippen molar-refractivity contribution in [2.24, 2.45) is 0 Å². The quantitative estimate of drug-likeness (QED) is 0.383. The first-order valence-electron chi connectivity index (χ1n) is 11.4. The fourth-order valence-corrected chi connectivity index (χ4v) is 5.46. The molecule has 0 bridgehead atoms. The Morgan fingerprint density at radius 2 is 1.76 bits per heavy atom. The molecule has 0 unspecified atom stereocenters. The summed E-state index contributed by atoms with van der Waals surface area (Å²) in [5.74, 6) is -0.328. The Kier molecular flexibility index (Phi) is 7.51. The summed E-state index contributed by atoms with van der Waals surface area (Å²) in [6, 6.07) is 13.4. The molecule has 192 valence electrons. The molecule has 0 fully saturated rings. The van der Waals surface area contributed by atoms with Crippen LogP contribution in [0.25, 0.3) is 15.9 Å². The Morgan fingerprint density at radius 3 is 2.43 bits per heavy atom. The van der Waals surface area contributed by atoms with Crippen molar-refractivity contribution in [3.8, 4) is 11.4 Å². The van der Waals surface area contributed by atoms with Crippen LogP contribution in [0.2, 0.25) is 5.02 Å². The van der Waals surface area contributed by atoms with Crippen LogP contribution in [-0.4, -0.2) is 46.6 Å². The molecule has 37 heavy (non-hydrogen) atoms. The lowest BCUT2D eigenvalue weighted by Gasteiger charge is -2.14. The number of fused-ring (bicyclic) bond motifs is 1. The van der Waals surface area contributed by atoms with Gasteiger partial charge in [0, 0.05) is 14.1 Å². The van der Waals surface area contributed by atoms with E-state index in [9.17, 15) is 19.2 Å². The average molecular weight is 541 g/mol. The van der Waals surface area contributed by atoms with Crippen LogP contribution in [0.15, 0.2) is 58.1 Å². The first-order valence-corrected chi connectivity index (χ1v) is 12.6. The molecular formula is C26H25ClN4O5S. The van der Waals surface area contributed by atoms with Crippen molar-refractivity contribution in [2.45, 2.75) is 20.4 Å². The van der Waals surface area contributed by atoms with Crippen molar-refractivity contribution in [1.82, 2.24) is 14.0 Å². The number of amides is 2. The van der Waals surface area contributed by atoms with Crippen LogP contribution in [0, 0.1) is 6.92 Å². The summed E-state index contributed by atoms with van der Waals surface area (Å²) >= 11 is 7.35. The molecule has 4 aromatic rings. The third-order valence-electron chi connectivity index (χ3n) is 5.67. The standard InChI is InChI=1S/C26H25ClN4O5S/c1-5-36-19-13-9-7-11-17(19)28-20(32)14-30-25-21(15(2)22(37-25)24(34)29(3)4)23(33)31(26(30)35)18-12-8-6-10-16(18)27/h6-13H,5,14H2,1-4H3,(H,28,32). The van der Waals surface area contributed by atoms with E-state index in [1.165, 1.54) is 9.47 Å². The molecule has 0 saturated heterocycles. The Morgan fingerprint density at radius 1 is 1.08 bits per heavy atom. The van der Waals surface area contributed by atoms with E-state index in [-0.39, 0.29) is 26.8 Å². The van der Waals surface area contributed by atoms with Gasteiger partial charge in [0.1, 0.15) is 17.1 Å². The number of thiophene rings is 1. The van der Waals surface area contributed by atoms with Gasteiger partial charge in [0.25, 0.3) is 11.5 Å². The molecule has 4 rings (SSSR count). The second-order valence-corrected chi connectivity index (χ2v) is 9.78. The van der Waals surface area contributed by atoms with Crippen molar-refractivity contribution >= 4 is 50.7 Å². The normalized spacial score (nSPS) is 10.9. The van der Waals surface area contributed by atoms with Gasteiger partial charge >= 0.3 is 5.69 Å². The number of hydrogen-bond donors (Lipinski definition) is 1. The van der Waals surface area contributed by atoms with E-state index < -0.39 is 23.7 Å². The van der Waals surface area contributed by atoms with Crippen molar-refractivity contribution < 1.29 is 14.3 Å². The van der Waals surface area contributed by atoms with Crippen LogP contribution >= 0.6 is 22.9 Å². The molecule has 0 spiro atoms. The van der Waals surface area contributed by atoms with Crippen molar-refractivity contribution in [3.63, 3.8) is 0 Å². The maximum atomic E-state index is 13.7. The number of nitrogens with one attached hydrogen (secondary N) is 1. The fourth-order valence-electron chi connectivity index (χ4n) is 3.92. The highest BCUT2D eigenvalue weighted by molar-refractivity contribution is 7.20. The maximum Gasteiger partial charge on any atom is 0.337 e. The van der Waals surface area contributed by atoms with E-state index >= 15 is 0 Å². The molecule has 0 aliphatic rings. The molecule has 0 aliphatic heterocycles. The molecule has 2 heterocycles. The second kappa shape index (κ2) is 10.6. The summed E-state index contributed by atoms with van der Waals surface area (Å²) in [4.78, 5) is 55.3. The molecule has 0 saturated carbocycles. The van der Waals surface area contributed by atoms with Gasteiger partial charge in [-0.1, -0.05) is 35.9 Å². The zero-order chi connectivity index (χ0) is 26.9. The van der Waals surface area contributed by atoms with Gasteiger partial charge in [-0.2, -0.15) is 0 Å². The van der Waals surface area contributed by atoms with Crippen LogP contribution in [0.1, 0.15) is 22.2 Å². The van der Waals surface area contributed by atoms with Gasteiger partial charge < -0.3 is 15.0 Å². The zero-order valence-electron chi connectivity index (χ0n) is 20.7. The van der Waals surface area contributed by atoms with Crippen molar-refractivity contribution in [1.29, 1.82) is 0 Å². The molecule has 0 aliphatic carbocycles. The first kappa shape index (κ1) is 26.2. The minimum atomic E-state index is -0.746. The number of nitrogens with zero attached hydrogens (tertiary/aromatic N) is 3. The molecule has 11 heteroatoms. The van der Waals surface area contributed by atoms with E-state index in [4.69, 9.17) is 16.3 Å². The highest BCUT2D eigenvalue weighted by Crippen LogP contribution is 2.30. The molecule has 2 aromatic heterocycles. The summed E-state index contributed by atoms with van der Waals surface area (Å²) in [7, 11) is 3.20. The number of benzene rings is 2. The van der Waals surface area contributed by atoms with E-state index in [1.54, 1.807) is 69.6 Å². The minimum Gasteiger partial charge on any atom is -0.492 e. The largest absolute Gasteiger partial charge is 0.492 e. The Labute approximate surface area is 221 Å². The van der Waals surface area contributed by atoms with Crippen LogP contribution in [-0.2, 0) is 11.3 Å². The molecular weight excluding hydrogens is 516 g/mol. The van der Waals surface area contributed by atoms with E-state index in [1.807, 2.05) is 6.92 Å². The number of aromatic nitrogens is 2. The van der Waals surface area contributed by atoms with E-state index in [2.05, 4.69) is 5.32 Å². The summed E-state index contributed by atoms with van der Waals surface area (Å²) in [5.41, 5.74) is -0.297. The fraction of sp³-hybridized carbons (Fsp3) is 0.231. The van der Waals surface area contributed by atoms with Gasteiger partial charge in [-0.25, -0.2) is 9.36 Å². The van der Waals surface area contributed by atoms with Gasteiger partial charge in [-0.3, -0.25) is 19.0 Å². The van der Waals surface area contributed by atoms with Crippen molar-refractivity contribution in [3.05, 3.63) is 84.8 Å². The summed E-state index contributed by atoms with van der Waals surface area (Å²) < 4.78 is 7.71. The highest BCUT2D eigenvalue weighted by atomic mass is 35.5. The van der Waals surface area contributed by atoms with Gasteiger partial charge in [0.05, 0.1) is 33.3 Å². The molecule has 1 N–H and O–H groups in total. The third-order valence-corrected chi connectivity index (χ3v) is 7.29. The van der Waals surface area contributed by atoms with Crippen molar-refractivity contribution in [2.75, 3.05) is 26.0 Å². The number of rotatable bonds is 7. The molecule has 2 amide bonds. The van der Waals surface area contributed by atoms with Gasteiger partial charge in [-0.15, -0.1) is 11.3 Å². The first-order chi connectivity index (χ1) is 17.6. The SMILES string of the molecule is CCOc1ccccc1NC(=O)Cn1c(=O)n(-c2ccccc2Cl)c(=O)c2c(C)c(C(=O)N(C)C)sc21. The van der Waals surface area contributed by atoms with Gasteiger partial charge in [0.2, 0.25) is 5.91 Å². The monoisotopic (exact) mass is 540 g/mol. The van der Waals surface area contributed by atoms with Gasteiger partial charge in [-0.05, 0) is 43.7 Å². The molecule has 2 aromatic carbocycles.